The zero-order valence-electron chi connectivity index (χ0n) is 7.98. The van der Waals surface area contributed by atoms with Crippen LogP contribution in [0.4, 0.5) is 0 Å². The van der Waals surface area contributed by atoms with Crippen molar-refractivity contribution in [3.8, 4) is 0 Å². The fourth-order valence-electron chi connectivity index (χ4n) is 1.53. The molecule has 1 aliphatic carbocycles. The van der Waals surface area contributed by atoms with Gasteiger partial charge in [-0.25, -0.2) is 0 Å². The highest BCUT2D eigenvalue weighted by molar-refractivity contribution is 9.10. The van der Waals surface area contributed by atoms with Gasteiger partial charge in [-0.2, -0.15) is 0 Å². The second-order valence-corrected chi connectivity index (χ2v) is 4.51. The number of pyridine rings is 1. The van der Waals surface area contributed by atoms with Crippen molar-refractivity contribution in [3.05, 3.63) is 28.5 Å². The maximum absolute atomic E-state index is 11.7. The normalized spacial score (nSPS) is 24.4. The van der Waals surface area contributed by atoms with E-state index in [2.05, 4.69) is 26.2 Å². The Labute approximate surface area is 95.8 Å². The Bertz CT molecular complexity index is 377. The first-order valence-electron chi connectivity index (χ1n) is 4.75. The minimum absolute atomic E-state index is 0.104. The van der Waals surface area contributed by atoms with Crippen LogP contribution >= 0.6 is 15.9 Å². The largest absolute Gasteiger partial charge is 0.393 e. The highest BCUT2D eigenvalue weighted by Gasteiger charge is 2.28. The van der Waals surface area contributed by atoms with Crippen LogP contribution in [0, 0.1) is 0 Å². The van der Waals surface area contributed by atoms with Crippen LogP contribution in [0.5, 0.6) is 0 Å². The Balaban J connectivity index is 1.99. The molecule has 1 amide bonds. The summed E-state index contributed by atoms with van der Waals surface area (Å²) in [6, 6.07) is 1.77. The van der Waals surface area contributed by atoms with Gasteiger partial charge < -0.3 is 10.4 Å². The molecule has 0 saturated heterocycles. The molecule has 0 radical (unpaired) electrons. The minimum atomic E-state index is -0.254. The van der Waals surface area contributed by atoms with Crippen LogP contribution in [0.3, 0.4) is 0 Å². The maximum Gasteiger partial charge on any atom is 0.252 e. The maximum atomic E-state index is 11.7. The first-order chi connectivity index (χ1) is 7.16. The van der Waals surface area contributed by atoms with E-state index in [1.54, 1.807) is 18.5 Å². The van der Waals surface area contributed by atoms with E-state index >= 15 is 0 Å². The Morgan fingerprint density at radius 3 is 2.93 bits per heavy atom. The third-order valence-electron chi connectivity index (χ3n) is 2.47. The Morgan fingerprint density at radius 2 is 2.33 bits per heavy atom. The molecule has 2 N–H and O–H groups in total. The number of aliphatic hydroxyl groups is 1. The van der Waals surface area contributed by atoms with Crippen molar-refractivity contribution < 1.29 is 9.90 Å². The summed E-state index contributed by atoms with van der Waals surface area (Å²) in [5.74, 6) is -0.124. The molecule has 4 nitrogen and oxygen atoms in total. The first kappa shape index (κ1) is 10.6. The number of nitrogens with zero attached hydrogens (tertiary/aromatic N) is 1. The zero-order chi connectivity index (χ0) is 10.8. The number of halogens is 1. The van der Waals surface area contributed by atoms with E-state index in [0.29, 0.717) is 22.9 Å². The molecule has 0 aliphatic heterocycles. The van der Waals surface area contributed by atoms with E-state index in [1.165, 1.54) is 0 Å². The molecule has 1 aliphatic rings. The molecule has 1 aromatic rings. The molecule has 0 aromatic carbocycles. The van der Waals surface area contributed by atoms with E-state index in [0.717, 1.165) is 0 Å². The Hall–Kier alpha value is -0.940. The average Bonchev–Trinajstić information content (AvgIpc) is 2.16. The summed E-state index contributed by atoms with van der Waals surface area (Å²) in [5, 5.41) is 11.9. The van der Waals surface area contributed by atoms with Gasteiger partial charge in [-0.15, -0.1) is 0 Å². The molecule has 80 valence electrons. The molecule has 1 saturated carbocycles. The van der Waals surface area contributed by atoms with Gasteiger partial charge in [0.25, 0.3) is 5.91 Å². The van der Waals surface area contributed by atoms with Gasteiger partial charge in [0.05, 0.1) is 11.7 Å². The summed E-state index contributed by atoms with van der Waals surface area (Å²) < 4.78 is 0.683. The smallest absolute Gasteiger partial charge is 0.252 e. The molecule has 1 fully saturated rings. The molecule has 1 aromatic heterocycles. The number of hydrogen-bond donors (Lipinski definition) is 2. The van der Waals surface area contributed by atoms with Crippen LogP contribution in [0.2, 0.25) is 0 Å². The standard InChI is InChI=1S/C10H11BrN2O2/c11-9-5-12-2-1-8(9)10(15)13-6-3-7(14)4-6/h1-2,5-7,14H,3-4H2,(H,13,15). The predicted molar refractivity (Wildman–Crippen MR) is 58.4 cm³/mol. The van der Waals surface area contributed by atoms with E-state index in [4.69, 9.17) is 5.11 Å². The highest BCUT2D eigenvalue weighted by atomic mass is 79.9. The van der Waals surface area contributed by atoms with Crippen LogP contribution in [-0.4, -0.2) is 28.1 Å². The number of rotatable bonds is 2. The lowest BCUT2D eigenvalue weighted by molar-refractivity contribution is 0.0562. The first-order valence-corrected chi connectivity index (χ1v) is 5.54. The molecule has 15 heavy (non-hydrogen) atoms. The molecular formula is C10H11BrN2O2. The zero-order valence-corrected chi connectivity index (χ0v) is 9.57. The van der Waals surface area contributed by atoms with E-state index in [1.807, 2.05) is 0 Å². The third-order valence-corrected chi connectivity index (χ3v) is 3.10. The second kappa shape index (κ2) is 4.28. The molecular weight excluding hydrogens is 260 g/mol. The van der Waals surface area contributed by atoms with Gasteiger partial charge in [0, 0.05) is 22.9 Å². The van der Waals surface area contributed by atoms with Crippen molar-refractivity contribution in [2.24, 2.45) is 0 Å². The van der Waals surface area contributed by atoms with Crippen molar-refractivity contribution in [1.82, 2.24) is 10.3 Å². The molecule has 5 heteroatoms. The number of hydrogen-bond acceptors (Lipinski definition) is 3. The summed E-state index contributed by atoms with van der Waals surface area (Å²) in [6.07, 6.45) is 4.21. The van der Waals surface area contributed by atoms with Crippen molar-refractivity contribution in [1.29, 1.82) is 0 Å². The second-order valence-electron chi connectivity index (χ2n) is 3.65. The van der Waals surface area contributed by atoms with Gasteiger partial charge in [0.15, 0.2) is 0 Å². The lowest BCUT2D eigenvalue weighted by atomic mass is 9.89. The van der Waals surface area contributed by atoms with E-state index in [-0.39, 0.29) is 18.1 Å². The molecule has 0 unspecified atom stereocenters. The Kier molecular flexibility index (Phi) is 3.02. The Morgan fingerprint density at radius 1 is 1.60 bits per heavy atom. The average molecular weight is 271 g/mol. The van der Waals surface area contributed by atoms with Gasteiger partial charge in [-0.1, -0.05) is 0 Å². The number of amides is 1. The van der Waals surface area contributed by atoms with Gasteiger partial charge in [-0.05, 0) is 34.8 Å². The van der Waals surface area contributed by atoms with Gasteiger partial charge in [0.2, 0.25) is 0 Å². The third kappa shape index (κ3) is 2.35. The van der Waals surface area contributed by atoms with Gasteiger partial charge in [0.1, 0.15) is 0 Å². The fraction of sp³-hybridized carbons (Fsp3) is 0.400. The van der Waals surface area contributed by atoms with E-state index < -0.39 is 0 Å². The molecule has 0 spiro atoms. The minimum Gasteiger partial charge on any atom is -0.393 e. The van der Waals surface area contributed by atoms with Crippen molar-refractivity contribution in [2.45, 2.75) is 25.0 Å². The summed E-state index contributed by atoms with van der Waals surface area (Å²) in [6.45, 7) is 0. The summed E-state index contributed by atoms with van der Waals surface area (Å²) in [7, 11) is 0. The van der Waals surface area contributed by atoms with Crippen LogP contribution in [-0.2, 0) is 0 Å². The van der Waals surface area contributed by atoms with Crippen LogP contribution in [0.25, 0.3) is 0 Å². The van der Waals surface area contributed by atoms with Crippen LogP contribution < -0.4 is 5.32 Å². The fourth-order valence-corrected chi connectivity index (χ4v) is 1.96. The quantitative estimate of drug-likeness (QED) is 0.846. The topological polar surface area (TPSA) is 62.2 Å². The van der Waals surface area contributed by atoms with Crippen molar-refractivity contribution >= 4 is 21.8 Å². The van der Waals surface area contributed by atoms with Crippen molar-refractivity contribution in [2.75, 3.05) is 0 Å². The number of aromatic nitrogens is 1. The van der Waals surface area contributed by atoms with Crippen LogP contribution in [0.1, 0.15) is 23.2 Å². The van der Waals surface area contributed by atoms with Crippen molar-refractivity contribution in [3.63, 3.8) is 0 Å². The highest BCUT2D eigenvalue weighted by Crippen LogP contribution is 2.21. The number of nitrogens with one attached hydrogen (secondary N) is 1. The molecule has 1 heterocycles. The van der Waals surface area contributed by atoms with Gasteiger partial charge >= 0.3 is 0 Å². The summed E-state index contributed by atoms with van der Waals surface area (Å²) >= 11 is 3.27. The van der Waals surface area contributed by atoms with E-state index in [9.17, 15) is 4.79 Å². The SMILES string of the molecule is O=C(NC1CC(O)C1)c1ccncc1Br. The van der Waals surface area contributed by atoms with Gasteiger partial charge in [-0.3, -0.25) is 9.78 Å². The lowest BCUT2D eigenvalue weighted by Crippen LogP contribution is -2.46. The molecule has 2 rings (SSSR count). The molecule has 0 atom stereocenters. The lowest BCUT2D eigenvalue weighted by Gasteiger charge is -2.31. The number of carbonyl (C=O) groups excluding carboxylic acids is 1. The number of aliphatic hydroxyl groups excluding tert-OH is 1. The predicted octanol–water partition coefficient (Wildman–Crippen LogP) is 1.10. The summed E-state index contributed by atoms with van der Waals surface area (Å²) in [4.78, 5) is 15.6. The van der Waals surface area contributed by atoms with Crippen LogP contribution in [0.15, 0.2) is 22.9 Å². The molecule has 0 bridgehead atoms. The monoisotopic (exact) mass is 270 g/mol. The summed E-state index contributed by atoms with van der Waals surface area (Å²) in [5.41, 5.74) is 0.575. The number of carbonyl (C=O) groups is 1.